The van der Waals surface area contributed by atoms with Gasteiger partial charge in [-0.1, -0.05) is 30.4 Å². The summed E-state index contributed by atoms with van der Waals surface area (Å²) in [6, 6.07) is 0. The van der Waals surface area contributed by atoms with Crippen molar-refractivity contribution in [1.82, 2.24) is 0 Å². The van der Waals surface area contributed by atoms with Crippen LogP contribution in [0.25, 0.3) is 0 Å². The van der Waals surface area contributed by atoms with E-state index in [9.17, 15) is 9.59 Å². The van der Waals surface area contributed by atoms with E-state index in [1.165, 1.54) is 13.2 Å². The number of hydrogen-bond acceptors (Lipinski definition) is 3. The number of aliphatic carboxylic acids is 1. The van der Waals surface area contributed by atoms with Crippen molar-refractivity contribution in [2.75, 3.05) is 7.11 Å². The maximum Gasteiger partial charge on any atom is 0.330 e. The Bertz CT molecular complexity index is 287. The van der Waals surface area contributed by atoms with Gasteiger partial charge >= 0.3 is 11.9 Å². The second kappa shape index (κ2) is 8.74. The van der Waals surface area contributed by atoms with Crippen LogP contribution in [0.15, 0.2) is 36.5 Å². The number of hydrogen-bond donors (Lipinski definition) is 1. The molecule has 0 bridgehead atoms. The van der Waals surface area contributed by atoms with Crippen LogP contribution in [0.2, 0.25) is 0 Å². The highest BCUT2D eigenvalue weighted by Gasteiger charge is 1.90. The van der Waals surface area contributed by atoms with E-state index in [2.05, 4.69) is 4.74 Å². The molecule has 0 aliphatic heterocycles. The normalized spacial score (nSPS) is 11.5. The zero-order chi connectivity index (χ0) is 11.5. The summed E-state index contributed by atoms with van der Waals surface area (Å²) in [6.07, 6.45) is 10.3. The number of esters is 1. The summed E-state index contributed by atoms with van der Waals surface area (Å²) in [7, 11) is 1.31. The van der Waals surface area contributed by atoms with Crippen molar-refractivity contribution < 1.29 is 19.4 Å². The third-order valence-electron chi connectivity index (χ3n) is 1.43. The molecule has 0 radical (unpaired) electrons. The first kappa shape index (κ1) is 13.2. The van der Waals surface area contributed by atoms with Gasteiger partial charge in [-0.25, -0.2) is 4.79 Å². The van der Waals surface area contributed by atoms with Crippen LogP contribution in [-0.4, -0.2) is 24.2 Å². The molecule has 0 amide bonds. The molecule has 0 fully saturated rings. The van der Waals surface area contributed by atoms with E-state index in [-0.39, 0.29) is 6.42 Å². The summed E-state index contributed by atoms with van der Waals surface area (Å²) >= 11 is 0. The molecule has 0 atom stereocenters. The number of methoxy groups -OCH3 is 1. The molecule has 82 valence electrons. The molecular formula is C11H14O4. The van der Waals surface area contributed by atoms with E-state index >= 15 is 0 Å². The minimum atomic E-state index is -0.811. The summed E-state index contributed by atoms with van der Waals surface area (Å²) in [4.78, 5) is 20.7. The molecule has 0 aromatic rings. The van der Waals surface area contributed by atoms with Gasteiger partial charge in [-0.2, -0.15) is 0 Å². The first-order chi connectivity index (χ1) is 7.16. The van der Waals surface area contributed by atoms with Gasteiger partial charge in [0.2, 0.25) is 0 Å². The quantitative estimate of drug-likeness (QED) is 0.411. The highest BCUT2D eigenvalue weighted by Crippen LogP contribution is 1.91. The molecule has 4 nitrogen and oxygen atoms in total. The lowest BCUT2D eigenvalue weighted by Gasteiger charge is -1.86. The van der Waals surface area contributed by atoms with Gasteiger partial charge in [0.05, 0.1) is 7.11 Å². The molecule has 1 N–H and O–H groups in total. The van der Waals surface area contributed by atoms with Crippen molar-refractivity contribution in [3.8, 4) is 0 Å². The zero-order valence-corrected chi connectivity index (χ0v) is 8.55. The Labute approximate surface area is 88.6 Å². The molecule has 0 saturated carbocycles. The predicted octanol–water partition coefficient (Wildman–Crippen LogP) is 1.69. The molecule has 0 spiro atoms. The number of carboxylic acids is 1. The van der Waals surface area contributed by atoms with Crippen molar-refractivity contribution in [3.05, 3.63) is 36.5 Å². The Morgan fingerprint density at radius 3 is 2.47 bits per heavy atom. The van der Waals surface area contributed by atoms with E-state index in [0.29, 0.717) is 6.42 Å². The van der Waals surface area contributed by atoms with Crippen LogP contribution < -0.4 is 0 Å². The van der Waals surface area contributed by atoms with Crippen LogP contribution >= 0.6 is 0 Å². The van der Waals surface area contributed by atoms with E-state index in [0.717, 1.165) is 0 Å². The first-order valence-electron chi connectivity index (χ1n) is 4.46. The monoisotopic (exact) mass is 210 g/mol. The van der Waals surface area contributed by atoms with Crippen molar-refractivity contribution in [3.63, 3.8) is 0 Å². The number of rotatable bonds is 6. The third-order valence-corrected chi connectivity index (χ3v) is 1.43. The van der Waals surface area contributed by atoms with E-state index in [1.807, 2.05) is 0 Å². The van der Waals surface area contributed by atoms with E-state index in [4.69, 9.17) is 5.11 Å². The molecule has 0 aromatic heterocycles. The Balaban J connectivity index is 3.66. The van der Waals surface area contributed by atoms with E-state index < -0.39 is 11.9 Å². The highest BCUT2D eigenvalue weighted by atomic mass is 16.5. The minimum Gasteiger partial charge on any atom is -0.481 e. The molecule has 0 unspecified atom stereocenters. The average Bonchev–Trinajstić information content (AvgIpc) is 2.21. The summed E-state index contributed by atoms with van der Waals surface area (Å²) in [5.41, 5.74) is 0. The first-order valence-corrected chi connectivity index (χ1v) is 4.46. The molecule has 0 heterocycles. The Morgan fingerprint density at radius 2 is 1.87 bits per heavy atom. The predicted molar refractivity (Wildman–Crippen MR) is 56.3 cm³/mol. The zero-order valence-electron chi connectivity index (χ0n) is 8.55. The number of carboxylic acid groups (broad SMARTS) is 1. The van der Waals surface area contributed by atoms with Crippen LogP contribution in [0.4, 0.5) is 0 Å². The van der Waals surface area contributed by atoms with Crippen LogP contribution in [0.3, 0.4) is 0 Å². The minimum absolute atomic E-state index is 0.127. The standard InChI is InChI=1S/C11H14O4/c1-15-11(14)9-7-5-3-2-4-6-8-10(12)13/h2-5,7,9H,6,8H2,1H3,(H,12,13). The van der Waals surface area contributed by atoms with Crippen LogP contribution in [0, 0.1) is 0 Å². The fourth-order valence-corrected chi connectivity index (χ4v) is 0.712. The van der Waals surface area contributed by atoms with E-state index in [1.54, 1.807) is 30.4 Å². The lowest BCUT2D eigenvalue weighted by molar-refractivity contribution is -0.137. The van der Waals surface area contributed by atoms with Gasteiger partial charge in [-0.15, -0.1) is 0 Å². The number of ether oxygens (including phenoxy) is 1. The lowest BCUT2D eigenvalue weighted by Crippen LogP contribution is -1.92. The fraction of sp³-hybridized carbons (Fsp3) is 0.273. The number of carbonyl (C=O) groups is 2. The van der Waals surface area contributed by atoms with Gasteiger partial charge < -0.3 is 9.84 Å². The Morgan fingerprint density at radius 1 is 1.20 bits per heavy atom. The van der Waals surface area contributed by atoms with Gasteiger partial charge in [-0.3, -0.25) is 4.79 Å². The molecule has 15 heavy (non-hydrogen) atoms. The second-order valence-corrected chi connectivity index (χ2v) is 2.63. The van der Waals surface area contributed by atoms with Gasteiger partial charge in [0.25, 0.3) is 0 Å². The summed E-state index contributed by atoms with van der Waals surface area (Å²) in [6.45, 7) is 0. The third kappa shape index (κ3) is 10.1. The lowest BCUT2D eigenvalue weighted by atomic mass is 10.3. The molecule has 0 saturated heterocycles. The maximum absolute atomic E-state index is 10.6. The van der Waals surface area contributed by atoms with Gasteiger partial charge in [-0.05, 0) is 6.42 Å². The smallest absolute Gasteiger partial charge is 0.330 e. The molecule has 0 aliphatic carbocycles. The van der Waals surface area contributed by atoms with Crippen molar-refractivity contribution in [2.45, 2.75) is 12.8 Å². The maximum atomic E-state index is 10.6. The SMILES string of the molecule is COC(=O)C=CC=CC=CCCC(=O)O. The molecule has 0 aromatic carbocycles. The molecule has 0 aliphatic rings. The largest absolute Gasteiger partial charge is 0.481 e. The summed E-state index contributed by atoms with van der Waals surface area (Å²) < 4.78 is 4.38. The summed E-state index contributed by atoms with van der Waals surface area (Å²) in [5.74, 6) is -1.22. The molecule has 0 rings (SSSR count). The molecular weight excluding hydrogens is 196 g/mol. The van der Waals surface area contributed by atoms with Crippen LogP contribution in [0.1, 0.15) is 12.8 Å². The van der Waals surface area contributed by atoms with Gasteiger partial charge in [0.1, 0.15) is 0 Å². The van der Waals surface area contributed by atoms with Crippen molar-refractivity contribution >= 4 is 11.9 Å². The average molecular weight is 210 g/mol. The molecule has 4 heteroatoms. The van der Waals surface area contributed by atoms with Crippen LogP contribution in [0.5, 0.6) is 0 Å². The Kier molecular flexibility index (Phi) is 7.67. The van der Waals surface area contributed by atoms with Crippen molar-refractivity contribution in [1.29, 1.82) is 0 Å². The fourth-order valence-electron chi connectivity index (χ4n) is 0.712. The second-order valence-electron chi connectivity index (χ2n) is 2.63. The van der Waals surface area contributed by atoms with Gasteiger partial charge in [0.15, 0.2) is 0 Å². The van der Waals surface area contributed by atoms with Crippen molar-refractivity contribution in [2.24, 2.45) is 0 Å². The van der Waals surface area contributed by atoms with Crippen LogP contribution in [-0.2, 0) is 14.3 Å². The number of allylic oxidation sites excluding steroid dienone is 5. The Hall–Kier alpha value is -1.84. The summed E-state index contributed by atoms with van der Waals surface area (Å²) in [5, 5.41) is 8.33. The van der Waals surface area contributed by atoms with Gasteiger partial charge in [0, 0.05) is 12.5 Å². The number of carbonyl (C=O) groups excluding carboxylic acids is 1. The topological polar surface area (TPSA) is 63.6 Å². The highest BCUT2D eigenvalue weighted by molar-refractivity contribution is 5.82.